The Bertz CT molecular complexity index is 671. The summed E-state index contributed by atoms with van der Waals surface area (Å²) in [7, 11) is 0. The lowest BCUT2D eigenvalue weighted by Gasteiger charge is -2.34. The first-order valence-electron chi connectivity index (χ1n) is 6.29. The average molecular weight is 333 g/mol. The summed E-state index contributed by atoms with van der Waals surface area (Å²) >= 11 is 3.58. The van der Waals surface area contributed by atoms with E-state index < -0.39 is 5.60 Å². The maximum atomic E-state index is 12.0. The summed E-state index contributed by atoms with van der Waals surface area (Å²) in [6.07, 6.45) is 1.54. The Kier molecular flexibility index (Phi) is 3.09. The van der Waals surface area contributed by atoms with Gasteiger partial charge in [-0.1, -0.05) is 46.3 Å². The van der Waals surface area contributed by atoms with Gasteiger partial charge in [0.05, 0.1) is 10.5 Å². The Hall–Kier alpha value is -1.75. The molecule has 3 rings (SSSR count). The number of halogens is 1. The average Bonchev–Trinajstić information content (AvgIpc) is 2.45. The molecule has 1 aromatic heterocycles. The minimum Gasteiger partial charge on any atom is -0.454 e. The first-order chi connectivity index (χ1) is 9.49. The highest BCUT2D eigenvalue weighted by atomic mass is 79.9. The molecule has 0 N–H and O–H groups in total. The van der Waals surface area contributed by atoms with E-state index in [0.717, 1.165) is 5.56 Å². The fourth-order valence-electron chi connectivity index (χ4n) is 2.15. The number of alkyl halides is 1. The van der Waals surface area contributed by atoms with E-state index in [0.29, 0.717) is 17.1 Å². The monoisotopic (exact) mass is 332 g/mol. The van der Waals surface area contributed by atoms with Crippen LogP contribution in [0.2, 0.25) is 0 Å². The van der Waals surface area contributed by atoms with Gasteiger partial charge in [-0.3, -0.25) is 0 Å². The van der Waals surface area contributed by atoms with Crippen LogP contribution in [0.25, 0.3) is 11.4 Å². The van der Waals surface area contributed by atoms with E-state index in [1.54, 1.807) is 0 Å². The van der Waals surface area contributed by atoms with Crippen molar-refractivity contribution in [1.82, 2.24) is 9.97 Å². The van der Waals surface area contributed by atoms with Crippen molar-refractivity contribution >= 4 is 21.9 Å². The molecule has 1 atom stereocenters. The molecule has 1 unspecified atom stereocenters. The van der Waals surface area contributed by atoms with Crippen molar-refractivity contribution in [2.75, 3.05) is 0 Å². The number of ether oxygens (including phenoxy) is 1. The van der Waals surface area contributed by atoms with E-state index in [1.807, 2.05) is 44.2 Å². The lowest BCUT2D eigenvalue weighted by Crippen LogP contribution is -2.38. The number of cyclic esters (lactones) is 1. The van der Waals surface area contributed by atoms with Crippen LogP contribution in [0.4, 0.5) is 0 Å². The smallest absolute Gasteiger partial charge is 0.342 e. The minimum absolute atomic E-state index is 0.159. The summed E-state index contributed by atoms with van der Waals surface area (Å²) in [6, 6.07) is 9.69. The predicted octanol–water partition coefficient (Wildman–Crippen LogP) is 3.53. The second-order valence-electron chi connectivity index (χ2n) is 5.21. The molecule has 1 aliphatic rings. The number of rotatable bonds is 1. The summed E-state index contributed by atoms with van der Waals surface area (Å²) in [5, 5.41) is 0. The molecule has 0 aliphatic carbocycles. The summed E-state index contributed by atoms with van der Waals surface area (Å²) < 4.78 is 5.39. The molecule has 0 saturated heterocycles. The van der Waals surface area contributed by atoms with Crippen LogP contribution in [0.3, 0.4) is 0 Å². The van der Waals surface area contributed by atoms with Gasteiger partial charge in [-0.15, -0.1) is 0 Å². The molecule has 102 valence electrons. The van der Waals surface area contributed by atoms with Crippen LogP contribution in [0, 0.1) is 0 Å². The highest BCUT2D eigenvalue weighted by Crippen LogP contribution is 2.41. The lowest BCUT2D eigenvalue weighted by atomic mass is 9.96. The molecule has 1 aromatic carbocycles. The summed E-state index contributed by atoms with van der Waals surface area (Å²) in [4.78, 5) is 20.6. The van der Waals surface area contributed by atoms with Crippen molar-refractivity contribution in [1.29, 1.82) is 0 Å². The minimum atomic E-state index is -0.633. The molecule has 0 amide bonds. The number of hydrogen-bond acceptors (Lipinski definition) is 4. The van der Waals surface area contributed by atoms with Crippen molar-refractivity contribution < 1.29 is 9.53 Å². The topological polar surface area (TPSA) is 52.1 Å². The van der Waals surface area contributed by atoms with E-state index in [-0.39, 0.29) is 10.8 Å². The highest BCUT2D eigenvalue weighted by molar-refractivity contribution is 9.09. The predicted molar refractivity (Wildman–Crippen MR) is 78.6 cm³/mol. The Morgan fingerprint density at radius 2 is 1.95 bits per heavy atom. The van der Waals surface area contributed by atoms with Crippen LogP contribution in [-0.2, 0) is 4.74 Å². The third kappa shape index (κ3) is 2.12. The van der Waals surface area contributed by atoms with Crippen LogP contribution in [0.15, 0.2) is 36.5 Å². The van der Waals surface area contributed by atoms with Gasteiger partial charge in [-0.25, -0.2) is 14.8 Å². The number of esters is 1. The fraction of sp³-hybridized carbons (Fsp3) is 0.267. The van der Waals surface area contributed by atoms with Crippen molar-refractivity contribution in [3.05, 3.63) is 47.8 Å². The molecule has 0 saturated carbocycles. The molecule has 0 fully saturated rings. The number of carbonyl (C=O) groups is 1. The van der Waals surface area contributed by atoms with Gasteiger partial charge in [0, 0.05) is 11.8 Å². The molecule has 0 bridgehead atoms. The molecule has 1 aliphatic heterocycles. The van der Waals surface area contributed by atoms with Crippen LogP contribution in [0.5, 0.6) is 0 Å². The van der Waals surface area contributed by atoms with E-state index in [9.17, 15) is 4.79 Å². The van der Waals surface area contributed by atoms with Gasteiger partial charge in [-0.2, -0.15) is 0 Å². The number of carbonyl (C=O) groups excluding carboxylic acids is 1. The quantitative estimate of drug-likeness (QED) is 0.592. The summed E-state index contributed by atoms with van der Waals surface area (Å²) in [5.41, 5.74) is 1.39. The zero-order valence-electron chi connectivity index (χ0n) is 11.1. The number of nitrogens with zero attached hydrogens (tertiary/aromatic N) is 2. The van der Waals surface area contributed by atoms with Crippen molar-refractivity contribution in [2.24, 2.45) is 0 Å². The van der Waals surface area contributed by atoms with Gasteiger partial charge >= 0.3 is 5.97 Å². The van der Waals surface area contributed by atoms with Gasteiger partial charge in [0.15, 0.2) is 5.82 Å². The third-order valence-corrected chi connectivity index (χ3v) is 4.81. The van der Waals surface area contributed by atoms with Crippen LogP contribution < -0.4 is 0 Å². The molecular weight excluding hydrogens is 320 g/mol. The maximum Gasteiger partial charge on any atom is 0.342 e. The molecule has 2 heterocycles. The third-order valence-electron chi connectivity index (χ3n) is 3.28. The Morgan fingerprint density at radius 3 is 2.65 bits per heavy atom. The zero-order chi connectivity index (χ0) is 14.3. The van der Waals surface area contributed by atoms with E-state index in [4.69, 9.17) is 4.74 Å². The van der Waals surface area contributed by atoms with Gasteiger partial charge < -0.3 is 4.74 Å². The van der Waals surface area contributed by atoms with E-state index in [2.05, 4.69) is 25.9 Å². The van der Waals surface area contributed by atoms with E-state index >= 15 is 0 Å². The standard InChI is InChI=1S/C15H13BrN2O2/c1-15(2)12(16)11-10(14(19)20-15)8-17-13(18-11)9-6-4-3-5-7-9/h3-8,12H,1-2H3. The number of hydrogen-bond donors (Lipinski definition) is 0. The molecule has 4 nitrogen and oxygen atoms in total. The Labute approximate surface area is 125 Å². The number of fused-ring (bicyclic) bond motifs is 1. The van der Waals surface area contributed by atoms with E-state index in [1.165, 1.54) is 6.20 Å². The number of aromatic nitrogens is 2. The fourth-order valence-corrected chi connectivity index (χ4v) is 2.59. The van der Waals surface area contributed by atoms with Gasteiger partial charge in [-0.05, 0) is 13.8 Å². The zero-order valence-corrected chi connectivity index (χ0v) is 12.7. The lowest BCUT2D eigenvalue weighted by molar-refractivity contribution is -0.00785. The SMILES string of the molecule is CC1(C)OC(=O)c2cnc(-c3ccccc3)nc2C1Br. The van der Waals surface area contributed by atoms with Crippen LogP contribution in [0.1, 0.15) is 34.7 Å². The van der Waals surface area contributed by atoms with Gasteiger partial charge in [0.25, 0.3) is 0 Å². The Morgan fingerprint density at radius 1 is 1.25 bits per heavy atom. The largest absolute Gasteiger partial charge is 0.454 e. The first-order valence-corrected chi connectivity index (χ1v) is 7.20. The van der Waals surface area contributed by atoms with Crippen molar-refractivity contribution in [3.8, 4) is 11.4 Å². The second-order valence-corrected chi connectivity index (χ2v) is 6.13. The second kappa shape index (κ2) is 4.66. The Balaban J connectivity index is 2.13. The van der Waals surface area contributed by atoms with Crippen molar-refractivity contribution in [3.63, 3.8) is 0 Å². The summed E-state index contributed by atoms with van der Waals surface area (Å²) in [5.74, 6) is 0.236. The molecule has 20 heavy (non-hydrogen) atoms. The molecular formula is C15H13BrN2O2. The molecule has 0 spiro atoms. The summed E-state index contributed by atoms with van der Waals surface area (Å²) in [6.45, 7) is 3.72. The molecule has 0 radical (unpaired) electrons. The molecule has 5 heteroatoms. The van der Waals surface area contributed by atoms with Crippen LogP contribution in [-0.4, -0.2) is 21.5 Å². The normalized spacial score (nSPS) is 20.1. The molecule has 2 aromatic rings. The maximum absolute atomic E-state index is 12.0. The number of benzene rings is 1. The first kappa shape index (κ1) is 13.2. The highest BCUT2D eigenvalue weighted by Gasteiger charge is 2.41. The van der Waals surface area contributed by atoms with Crippen molar-refractivity contribution in [2.45, 2.75) is 24.3 Å². The van der Waals surface area contributed by atoms with Gasteiger partial charge in [0.2, 0.25) is 0 Å². The van der Waals surface area contributed by atoms with Gasteiger partial charge in [0.1, 0.15) is 11.2 Å². The van der Waals surface area contributed by atoms with Crippen LogP contribution >= 0.6 is 15.9 Å².